The minimum absolute atomic E-state index is 0.256. The summed E-state index contributed by atoms with van der Waals surface area (Å²) < 4.78 is 1.70. The Balaban J connectivity index is 2.70. The first-order chi connectivity index (χ1) is 5.63. The first-order valence-electron chi connectivity index (χ1n) is 3.63. The summed E-state index contributed by atoms with van der Waals surface area (Å²) >= 11 is 0. The number of nitrogens with one attached hydrogen (secondary N) is 2. The molecule has 0 atom stereocenters. The molecule has 0 saturated heterocycles. The van der Waals surface area contributed by atoms with E-state index in [4.69, 9.17) is 0 Å². The van der Waals surface area contributed by atoms with Crippen LogP contribution in [0.2, 0.25) is 0 Å². The molecule has 5 heteroatoms. The van der Waals surface area contributed by atoms with Gasteiger partial charge in [0.25, 0.3) is 0 Å². The molecule has 0 saturated carbocycles. The highest BCUT2D eigenvalue weighted by Crippen LogP contribution is 2.05. The average Bonchev–Trinajstić information content (AvgIpc) is 2.31. The molecule has 0 aliphatic rings. The molecule has 66 valence electrons. The van der Waals surface area contributed by atoms with Gasteiger partial charge < -0.3 is 5.32 Å². The highest BCUT2D eigenvalue weighted by atomic mass is 16.2. The molecule has 0 bridgehead atoms. The van der Waals surface area contributed by atoms with Crippen LogP contribution in [0.5, 0.6) is 0 Å². The Morgan fingerprint density at radius 3 is 2.75 bits per heavy atom. The van der Waals surface area contributed by atoms with Crippen molar-refractivity contribution in [1.29, 1.82) is 0 Å². The highest BCUT2D eigenvalue weighted by Gasteiger charge is 2.02. The van der Waals surface area contributed by atoms with E-state index in [9.17, 15) is 4.79 Å². The molecule has 0 fully saturated rings. The summed E-state index contributed by atoms with van der Waals surface area (Å²) in [4.78, 5) is 10.8. The van der Waals surface area contributed by atoms with E-state index in [1.165, 1.54) is 0 Å². The predicted molar refractivity (Wildman–Crippen MR) is 46.0 cm³/mol. The van der Waals surface area contributed by atoms with Gasteiger partial charge >= 0.3 is 6.03 Å². The third-order valence-electron chi connectivity index (χ3n) is 1.58. The second-order valence-electron chi connectivity index (χ2n) is 2.50. The average molecular weight is 168 g/mol. The van der Waals surface area contributed by atoms with E-state index < -0.39 is 0 Å². The zero-order chi connectivity index (χ0) is 9.14. The number of carbonyl (C=O) groups excluding carboxylic acids is 1. The van der Waals surface area contributed by atoms with Gasteiger partial charge in [0, 0.05) is 25.9 Å². The molecule has 0 aliphatic carbocycles. The Bertz CT molecular complexity index is 272. The van der Waals surface area contributed by atoms with Crippen LogP contribution in [0.3, 0.4) is 0 Å². The maximum Gasteiger partial charge on any atom is 0.320 e. The molecule has 1 aromatic heterocycles. The molecule has 0 aliphatic heterocycles. The Morgan fingerprint density at radius 2 is 2.33 bits per heavy atom. The molecule has 1 heterocycles. The summed E-state index contributed by atoms with van der Waals surface area (Å²) in [5.41, 5.74) is 1.00. The van der Waals surface area contributed by atoms with E-state index in [2.05, 4.69) is 15.7 Å². The van der Waals surface area contributed by atoms with Gasteiger partial charge in [0.2, 0.25) is 0 Å². The van der Waals surface area contributed by atoms with Crippen LogP contribution in [0.25, 0.3) is 0 Å². The number of aryl methyl sites for hydroxylation is 2. The molecule has 2 amide bonds. The maximum atomic E-state index is 10.8. The maximum absolute atomic E-state index is 10.8. The number of anilines is 1. The van der Waals surface area contributed by atoms with E-state index in [1.54, 1.807) is 17.8 Å². The van der Waals surface area contributed by atoms with Gasteiger partial charge in [-0.15, -0.1) is 0 Å². The van der Waals surface area contributed by atoms with Gasteiger partial charge in [0.15, 0.2) is 5.82 Å². The van der Waals surface area contributed by atoms with Crippen molar-refractivity contribution in [3.05, 3.63) is 11.8 Å². The second-order valence-corrected chi connectivity index (χ2v) is 2.50. The molecule has 0 radical (unpaired) electrons. The van der Waals surface area contributed by atoms with Crippen LogP contribution in [-0.4, -0.2) is 22.9 Å². The third kappa shape index (κ3) is 1.75. The van der Waals surface area contributed by atoms with Crippen LogP contribution >= 0.6 is 0 Å². The Labute approximate surface area is 70.8 Å². The summed E-state index contributed by atoms with van der Waals surface area (Å²) in [6, 6.07) is 1.54. The summed E-state index contributed by atoms with van der Waals surface area (Å²) in [6.45, 7) is 1.92. The van der Waals surface area contributed by atoms with Crippen LogP contribution < -0.4 is 10.6 Å². The first kappa shape index (κ1) is 8.58. The van der Waals surface area contributed by atoms with Crippen LogP contribution in [0.4, 0.5) is 10.6 Å². The van der Waals surface area contributed by atoms with Crippen molar-refractivity contribution in [3.63, 3.8) is 0 Å². The number of amides is 2. The highest BCUT2D eigenvalue weighted by molar-refractivity contribution is 5.87. The van der Waals surface area contributed by atoms with Crippen LogP contribution in [0.15, 0.2) is 6.07 Å². The lowest BCUT2D eigenvalue weighted by molar-refractivity contribution is 0.254. The van der Waals surface area contributed by atoms with Crippen molar-refractivity contribution in [2.45, 2.75) is 6.92 Å². The number of aromatic nitrogens is 2. The van der Waals surface area contributed by atoms with Gasteiger partial charge in [0.05, 0.1) is 0 Å². The van der Waals surface area contributed by atoms with Gasteiger partial charge in [-0.1, -0.05) is 0 Å². The largest absolute Gasteiger partial charge is 0.341 e. The van der Waals surface area contributed by atoms with Crippen molar-refractivity contribution in [2.75, 3.05) is 12.4 Å². The van der Waals surface area contributed by atoms with Crippen LogP contribution in [0, 0.1) is 6.92 Å². The quantitative estimate of drug-likeness (QED) is 0.640. The number of urea groups is 1. The van der Waals surface area contributed by atoms with Gasteiger partial charge in [0.1, 0.15) is 0 Å². The molecule has 0 spiro atoms. The first-order valence-corrected chi connectivity index (χ1v) is 3.63. The monoisotopic (exact) mass is 168 g/mol. The minimum Gasteiger partial charge on any atom is -0.341 e. The van der Waals surface area contributed by atoms with Crippen molar-refractivity contribution in [2.24, 2.45) is 7.05 Å². The SMILES string of the molecule is CNC(=O)Nc1cc(C)n(C)n1. The van der Waals surface area contributed by atoms with Crippen LogP contribution in [-0.2, 0) is 7.05 Å². The molecule has 0 unspecified atom stereocenters. The molecule has 12 heavy (non-hydrogen) atoms. The van der Waals surface area contributed by atoms with Crippen molar-refractivity contribution in [3.8, 4) is 0 Å². The third-order valence-corrected chi connectivity index (χ3v) is 1.58. The number of nitrogens with zero attached hydrogens (tertiary/aromatic N) is 2. The minimum atomic E-state index is -0.256. The normalized spacial score (nSPS) is 9.58. The molecule has 1 rings (SSSR count). The van der Waals surface area contributed by atoms with E-state index in [0.717, 1.165) is 5.69 Å². The predicted octanol–water partition coefficient (Wildman–Crippen LogP) is 0.480. The molecule has 5 nitrogen and oxygen atoms in total. The zero-order valence-electron chi connectivity index (χ0n) is 7.38. The number of hydrogen-bond acceptors (Lipinski definition) is 2. The topological polar surface area (TPSA) is 59.0 Å². The van der Waals surface area contributed by atoms with Crippen LogP contribution in [0.1, 0.15) is 5.69 Å². The number of carbonyl (C=O) groups is 1. The molecular weight excluding hydrogens is 156 g/mol. The fourth-order valence-corrected chi connectivity index (χ4v) is 0.801. The van der Waals surface area contributed by atoms with Gasteiger partial charge in [-0.2, -0.15) is 5.10 Å². The fourth-order valence-electron chi connectivity index (χ4n) is 0.801. The zero-order valence-corrected chi connectivity index (χ0v) is 7.38. The Morgan fingerprint density at radius 1 is 1.67 bits per heavy atom. The number of hydrogen-bond donors (Lipinski definition) is 2. The Kier molecular flexibility index (Phi) is 2.32. The van der Waals surface area contributed by atoms with Gasteiger partial charge in [-0.3, -0.25) is 10.00 Å². The summed E-state index contributed by atoms with van der Waals surface area (Å²) in [5.74, 6) is 0.564. The molecule has 1 aromatic rings. The summed E-state index contributed by atoms with van der Waals surface area (Å²) in [6.07, 6.45) is 0. The lowest BCUT2D eigenvalue weighted by Gasteiger charge is -1.97. The smallest absolute Gasteiger partial charge is 0.320 e. The lowest BCUT2D eigenvalue weighted by Crippen LogP contribution is -2.24. The summed E-state index contributed by atoms with van der Waals surface area (Å²) in [7, 11) is 3.38. The van der Waals surface area contributed by atoms with Gasteiger partial charge in [-0.25, -0.2) is 4.79 Å². The fraction of sp³-hybridized carbons (Fsp3) is 0.429. The lowest BCUT2D eigenvalue weighted by atomic mass is 10.5. The van der Waals surface area contributed by atoms with E-state index in [-0.39, 0.29) is 6.03 Å². The van der Waals surface area contributed by atoms with Crippen molar-refractivity contribution in [1.82, 2.24) is 15.1 Å². The van der Waals surface area contributed by atoms with E-state index >= 15 is 0 Å². The van der Waals surface area contributed by atoms with E-state index in [0.29, 0.717) is 5.82 Å². The standard InChI is InChI=1S/C7H12N4O/c1-5-4-6(10-11(5)3)9-7(12)8-2/h4H,1-3H3,(H2,8,9,10,12). The second kappa shape index (κ2) is 3.25. The van der Waals surface area contributed by atoms with E-state index in [1.807, 2.05) is 14.0 Å². The Hall–Kier alpha value is -1.52. The van der Waals surface area contributed by atoms with Gasteiger partial charge in [-0.05, 0) is 6.92 Å². The number of rotatable bonds is 1. The molecule has 2 N–H and O–H groups in total. The molecule has 0 aromatic carbocycles. The molecular formula is C7H12N4O. The van der Waals surface area contributed by atoms with Crippen molar-refractivity contribution < 1.29 is 4.79 Å². The summed E-state index contributed by atoms with van der Waals surface area (Å²) in [5, 5.41) is 9.06. The van der Waals surface area contributed by atoms with Crippen molar-refractivity contribution >= 4 is 11.8 Å².